The smallest absolute Gasteiger partial charge is 0.317 e. The third kappa shape index (κ3) is 5.22. The summed E-state index contributed by atoms with van der Waals surface area (Å²) in [6.45, 7) is 4.77. The number of para-hydroxylation sites is 1. The minimum absolute atomic E-state index is 0.0251. The third-order valence-corrected chi connectivity index (χ3v) is 6.27. The SMILES string of the molecule is CP(C)(=O)c1ccccc1Nc1nc(N[C@@H]2CCN(CC(=O)O)C2)ncc1Cl. The minimum atomic E-state index is -2.48. The van der Waals surface area contributed by atoms with E-state index in [1.807, 2.05) is 29.2 Å². The second-order valence-corrected chi connectivity index (χ2v) is 10.7. The van der Waals surface area contributed by atoms with Crippen LogP contribution in [0, 0.1) is 0 Å². The Bertz CT molecular complexity index is 920. The van der Waals surface area contributed by atoms with Gasteiger partial charge in [0.1, 0.15) is 12.2 Å². The topological polar surface area (TPSA) is 107 Å². The van der Waals surface area contributed by atoms with Crippen molar-refractivity contribution in [1.82, 2.24) is 14.9 Å². The monoisotopic (exact) mass is 423 g/mol. The maximum Gasteiger partial charge on any atom is 0.317 e. The van der Waals surface area contributed by atoms with Gasteiger partial charge in [0, 0.05) is 24.4 Å². The first-order chi connectivity index (χ1) is 13.2. The highest BCUT2D eigenvalue weighted by atomic mass is 35.5. The van der Waals surface area contributed by atoms with Gasteiger partial charge >= 0.3 is 5.97 Å². The van der Waals surface area contributed by atoms with Gasteiger partial charge in [-0.2, -0.15) is 4.98 Å². The molecule has 3 N–H and O–H groups in total. The number of carbonyl (C=O) groups is 1. The number of nitrogens with zero attached hydrogens (tertiary/aromatic N) is 3. The first-order valence-electron chi connectivity index (χ1n) is 8.87. The van der Waals surface area contributed by atoms with Gasteiger partial charge < -0.3 is 20.3 Å². The molecule has 1 fully saturated rings. The van der Waals surface area contributed by atoms with Gasteiger partial charge in [-0.25, -0.2) is 4.98 Å². The molecule has 0 radical (unpaired) electrons. The lowest BCUT2D eigenvalue weighted by atomic mass is 10.3. The number of carboxylic acid groups (broad SMARTS) is 1. The number of rotatable bonds is 7. The number of carboxylic acids is 1. The molecule has 3 rings (SSSR count). The molecule has 0 saturated carbocycles. The molecular weight excluding hydrogens is 401 g/mol. The Kier molecular flexibility index (Phi) is 6.23. The van der Waals surface area contributed by atoms with Crippen LogP contribution in [0.1, 0.15) is 6.42 Å². The molecular formula is C18H23ClN5O3P. The highest BCUT2D eigenvalue weighted by molar-refractivity contribution is 7.70. The van der Waals surface area contributed by atoms with E-state index in [2.05, 4.69) is 20.6 Å². The van der Waals surface area contributed by atoms with E-state index in [1.54, 1.807) is 13.3 Å². The fourth-order valence-electron chi connectivity index (χ4n) is 3.17. The second-order valence-electron chi connectivity index (χ2n) is 7.14. The van der Waals surface area contributed by atoms with Crippen molar-refractivity contribution in [3.63, 3.8) is 0 Å². The molecule has 2 heterocycles. The van der Waals surface area contributed by atoms with Crippen molar-refractivity contribution in [3.8, 4) is 0 Å². The zero-order valence-electron chi connectivity index (χ0n) is 15.7. The van der Waals surface area contributed by atoms with Crippen LogP contribution < -0.4 is 15.9 Å². The Hall–Kier alpha value is -2.15. The van der Waals surface area contributed by atoms with Gasteiger partial charge in [-0.05, 0) is 31.9 Å². The van der Waals surface area contributed by atoms with Crippen molar-refractivity contribution in [1.29, 1.82) is 0 Å². The van der Waals surface area contributed by atoms with Crippen LogP contribution in [-0.4, -0.2) is 64.9 Å². The van der Waals surface area contributed by atoms with E-state index in [4.69, 9.17) is 16.7 Å². The lowest BCUT2D eigenvalue weighted by molar-refractivity contribution is -0.138. The Morgan fingerprint density at radius 3 is 2.86 bits per heavy atom. The molecule has 1 saturated heterocycles. The number of aliphatic carboxylic acids is 1. The highest BCUT2D eigenvalue weighted by Crippen LogP contribution is 2.38. The fraction of sp³-hybridized carbons (Fsp3) is 0.389. The van der Waals surface area contributed by atoms with E-state index in [9.17, 15) is 9.36 Å². The number of halogens is 1. The lowest BCUT2D eigenvalue weighted by Crippen LogP contribution is -2.30. The van der Waals surface area contributed by atoms with Gasteiger partial charge in [0.25, 0.3) is 0 Å². The van der Waals surface area contributed by atoms with Gasteiger partial charge in [0.2, 0.25) is 5.95 Å². The summed E-state index contributed by atoms with van der Waals surface area (Å²) in [6, 6.07) is 7.42. The molecule has 1 aromatic carbocycles. The predicted molar refractivity (Wildman–Crippen MR) is 112 cm³/mol. The predicted octanol–water partition coefficient (Wildman–Crippen LogP) is 2.69. The van der Waals surface area contributed by atoms with E-state index in [0.717, 1.165) is 11.7 Å². The summed E-state index contributed by atoms with van der Waals surface area (Å²) in [7, 11) is -2.48. The Balaban J connectivity index is 1.75. The van der Waals surface area contributed by atoms with Crippen LogP contribution in [0.25, 0.3) is 0 Å². The fourth-order valence-corrected chi connectivity index (χ4v) is 4.46. The molecule has 1 aliphatic rings. The van der Waals surface area contributed by atoms with Crippen molar-refractivity contribution >= 4 is 47.5 Å². The summed E-state index contributed by atoms with van der Waals surface area (Å²) in [6.07, 6.45) is 2.31. The maximum absolute atomic E-state index is 12.6. The summed E-state index contributed by atoms with van der Waals surface area (Å²) >= 11 is 6.25. The zero-order chi connectivity index (χ0) is 20.3. The molecule has 0 amide bonds. The summed E-state index contributed by atoms with van der Waals surface area (Å²) < 4.78 is 12.6. The van der Waals surface area contributed by atoms with E-state index in [0.29, 0.717) is 35.6 Å². The van der Waals surface area contributed by atoms with E-state index in [-0.39, 0.29) is 12.6 Å². The number of likely N-dealkylation sites (tertiary alicyclic amines) is 1. The Morgan fingerprint density at radius 2 is 2.14 bits per heavy atom. The van der Waals surface area contributed by atoms with Crippen molar-refractivity contribution in [3.05, 3.63) is 35.5 Å². The van der Waals surface area contributed by atoms with Crippen LogP contribution >= 0.6 is 18.7 Å². The van der Waals surface area contributed by atoms with E-state index in [1.165, 1.54) is 6.20 Å². The summed E-state index contributed by atoms with van der Waals surface area (Å²) in [5.74, 6) is -0.0131. The zero-order valence-corrected chi connectivity index (χ0v) is 17.4. The molecule has 1 atom stereocenters. The van der Waals surface area contributed by atoms with Crippen molar-refractivity contribution in [2.24, 2.45) is 0 Å². The quantitative estimate of drug-likeness (QED) is 0.583. The first kappa shape index (κ1) is 20.6. The van der Waals surface area contributed by atoms with Gasteiger partial charge in [-0.15, -0.1) is 0 Å². The van der Waals surface area contributed by atoms with Crippen LogP contribution in [0.5, 0.6) is 0 Å². The first-order valence-corrected chi connectivity index (χ1v) is 11.8. The van der Waals surface area contributed by atoms with E-state index >= 15 is 0 Å². The summed E-state index contributed by atoms with van der Waals surface area (Å²) in [4.78, 5) is 21.4. The Morgan fingerprint density at radius 1 is 1.39 bits per heavy atom. The van der Waals surface area contributed by atoms with Crippen molar-refractivity contribution < 1.29 is 14.5 Å². The number of hydrogen-bond donors (Lipinski definition) is 3. The highest BCUT2D eigenvalue weighted by Gasteiger charge is 2.24. The van der Waals surface area contributed by atoms with Crippen molar-refractivity contribution in [2.75, 3.05) is 43.6 Å². The number of benzene rings is 1. The second kappa shape index (κ2) is 8.47. The third-order valence-electron chi connectivity index (χ3n) is 4.45. The molecule has 0 spiro atoms. The maximum atomic E-state index is 12.6. The van der Waals surface area contributed by atoms with Crippen LogP contribution in [0.2, 0.25) is 5.02 Å². The normalized spacial score (nSPS) is 17.5. The largest absolute Gasteiger partial charge is 0.480 e. The average Bonchev–Trinajstić information content (AvgIpc) is 3.03. The average molecular weight is 424 g/mol. The van der Waals surface area contributed by atoms with E-state index < -0.39 is 13.1 Å². The molecule has 2 aromatic rings. The van der Waals surface area contributed by atoms with Crippen LogP contribution in [-0.2, 0) is 9.36 Å². The summed E-state index contributed by atoms with van der Waals surface area (Å²) in [5, 5.41) is 16.4. The molecule has 0 bridgehead atoms. The van der Waals surface area contributed by atoms with Gasteiger partial charge in [-0.3, -0.25) is 9.69 Å². The number of aromatic nitrogens is 2. The van der Waals surface area contributed by atoms with Crippen LogP contribution in [0.15, 0.2) is 30.5 Å². The van der Waals surface area contributed by atoms with Crippen LogP contribution in [0.4, 0.5) is 17.5 Å². The number of anilines is 3. The van der Waals surface area contributed by atoms with Gasteiger partial charge in [0.15, 0.2) is 5.82 Å². The molecule has 28 heavy (non-hydrogen) atoms. The molecule has 150 valence electrons. The molecule has 10 heteroatoms. The number of nitrogens with one attached hydrogen (secondary N) is 2. The lowest BCUT2D eigenvalue weighted by Gasteiger charge is -2.17. The number of hydrogen-bond acceptors (Lipinski definition) is 7. The van der Waals surface area contributed by atoms with Crippen molar-refractivity contribution in [2.45, 2.75) is 12.5 Å². The van der Waals surface area contributed by atoms with Crippen LogP contribution in [0.3, 0.4) is 0 Å². The molecule has 0 aliphatic carbocycles. The van der Waals surface area contributed by atoms with Gasteiger partial charge in [0.05, 0.1) is 18.4 Å². The Labute approximate surface area is 168 Å². The summed E-state index contributed by atoms with van der Waals surface area (Å²) in [5.41, 5.74) is 0.691. The standard InChI is InChI=1S/C18H23ClN5O3P/c1-28(2,27)15-6-4-3-5-14(15)22-17-13(19)9-20-18(23-17)21-12-7-8-24(10-12)11-16(25)26/h3-6,9,12H,7-8,10-11H2,1-2H3,(H,25,26)(H2,20,21,22,23)/t12-/m1/s1. The molecule has 1 aliphatic heterocycles. The van der Waals surface area contributed by atoms with Gasteiger partial charge in [-0.1, -0.05) is 23.7 Å². The molecule has 0 unspecified atom stereocenters. The molecule has 1 aromatic heterocycles. The minimum Gasteiger partial charge on any atom is -0.480 e. The molecule has 8 nitrogen and oxygen atoms in total.